The predicted molar refractivity (Wildman–Crippen MR) is 58.9 cm³/mol. The van der Waals surface area contributed by atoms with Gasteiger partial charge >= 0.3 is 5.97 Å². The maximum absolute atomic E-state index is 10.4. The lowest BCUT2D eigenvalue weighted by molar-refractivity contribution is -0.137. The molecule has 0 aliphatic heterocycles. The minimum atomic E-state index is -0.724. The van der Waals surface area contributed by atoms with Crippen molar-refractivity contribution in [2.45, 2.75) is 19.3 Å². The Morgan fingerprint density at radius 1 is 1.27 bits per heavy atom. The van der Waals surface area contributed by atoms with Crippen LogP contribution in [0.25, 0.3) is 10.8 Å². The molecule has 3 nitrogen and oxygen atoms in total. The fourth-order valence-corrected chi connectivity index (χ4v) is 1.70. The number of H-pyrrole nitrogens is 1. The van der Waals surface area contributed by atoms with Crippen LogP contribution in [0.3, 0.4) is 0 Å². The van der Waals surface area contributed by atoms with Crippen molar-refractivity contribution in [1.82, 2.24) is 4.98 Å². The fraction of sp³-hybridized carbons (Fsp3) is 0.250. The number of carbonyl (C=O) groups is 1. The van der Waals surface area contributed by atoms with Gasteiger partial charge in [0.15, 0.2) is 0 Å². The van der Waals surface area contributed by atoms with Crippen LogP contribution >= 0.6 is 0 Å². The zero-order valence-electron chi connectivity index (χ0n) is 8.36. The Morgan fingerprint density at radius 3 is 2.87 bits per heavy atom. The van der Waals surface area contributed by atoms with Gasteiger partial charge in [0, 0.05) is 18.8 Å². The number of aromatic nitrogens is 1. The zero-order chi connectivity index (χ0) is 10.7. The highest BCUT2D eigenvalue weighted by molar-refractivity contribution is 5.82. The van der Waals surface area contributed by atoms with Gasteiger partial charge in [0.1, 0.15) is 0 Å². The Bertz CT molecular complexity index is 473. The number of hydrogen-bond acceptors (Lipinski definition) is 1. The first-order valence-corrected chi connectivity index (χ1v) is 5.03. The number of hydrogen-bond donors (Lipinski definition) is 2. The number of aliphatic carboxylic acids is 1. The molecule has 0 saturated carbocycles. The predicted octanol–water partition coefficient (Wildman–Crippen LogP) is 2.58. The summed E-state index contributed by atoms with van der Waals surface area (Å²) in [6.07, 6.45) is 5.68. The first-order chi connectivity index (χ1) is 7.25. The molecule has 0 fully saturated rings. The first-order valence-electron chi connectivity index (χ1n) is 5.03. The van der Waals surface area contributed by atoms with Crippen molar-refractivity contribution in [3.8, 4) is 0 Å². The molecule has 2 aromatic rings. The second kappa shape index (κ2) is 4.17. The average Bonchev–Trinajstić information content (AvgIpc) is 2.64. The van der Waals surface area contributed by atoms with Crippen molar-refractivity contribution in [2.75, 3.05) is 0 Å². The van der Waals surface area contributed by atoms with Crippen LogP contribution in [-0.4, -0.2) is 16.1 Å². The molecular formula is C12H13NO2. The SMILES string of the molecule is O=C(O)CCCc1ccc2c[nH]cc2c1. The van der Waals surface area contributed by atoms with Crippen LogP contribution in [0.5, 0.6) is 0 Å². The van der Waals surface area contributed by atoms with E-state index in [0.717, 1.165) is 6.42 Å². The van der Waals surface area contributed by atoms with E-state index in [1.807, 2.05) is 12.4 Å². The lowest BCUT2D eigenvalue weighted by Crippen LogP contribution is -1.95. The zero-order valence-corrected chi connectivity index (χ0v) is 8.36. The van der Waals surface area contributed by atoms with Gasteiger partial charge in [0.05, 0.1) is 0 Å². The van der Waals surface area contributed by atoms with Crippen LogP contribution in [0.2, 0.25) is 0 Å². The van der Waals surface area contributed by atoms with Gasteiger partial charge in [-0.05, 0) is 35.2 Å². The largest absolute Gasteiger partial charge is 0.481 e. The van der Waals surface area contributed by atoms with E-state index in [4.69, 9.17) is 5.11 Å². The van der Waals surface area contributed by atoms with Crippen molar-refractivity contribution >= 4 is 16.7 Å². The van der Waals surface area contributed by atoms with Gasteiger partial charge in [-0.25, -0.2) is 0 Å². The van der Waals surface area contributed by atoms with Gasteiger partial charge in [-0.3, -0.25) is 4.79 Å². The third-order valence-electron chi connectivity index (χ3n) is 2.48. The van der Waals surface area contributed by atoms with Gasteiger partial charge < -0.3 is 10.1 Å². The van der Waals surface area contributed by atoms with Crippen LogP contribution in [-0.2, 0) is 11.2 Å². The number of benzene rings is 1. The van der Waals surface area contributed by atoms with Crippen LogP contribution in [0.4, 0.5) is 0 Å². The summed E-state index contributed by atoms with van der Waals surface area (Å²) in [5.74, 6) is -0.724. The summed E-state index contributed by atoms with van der Waals surface area (Å²) < 4.78 is 0. The van der Waals surface area contributed by atoms with Crippen LogP contribution in [0, 0.1) is 0 Å². The van der Waals surface area contributed by atoms with Gasteiger partial charge in [-0.1, -0.05) is 12.1 Å². The van der Waals surface area contributed by atoms with Gasteiger partial charge in [0.2, 0.25) is 0 Å². The minimum absolute atomic E-state index is 0.241. The number of fused-ring (bicyclic) bond motifs is 1. The molecule has 2 rings (SSSR count). The third kappa shape index (κ3) is 2.37. The Morgan fingerprint density at radius 2 is 2.07 bits per heavy atom. The molecule has 0 radical (unpaired) electrons. The summed E-state index contributed by atoms with van der Waals surface area (Å²) in [4.78, 5) is 13.4. The summed E-state index contributed by atoms with van der Waals surface area (Å²) in [5, 5.41) is 10.9. The van der Waals surface area contributed by atoms with Crippen molar-refractivity contribution in [3.05, 3.63) is 36.2 Å². The molecule has 0 saturated heterocycles. The van der Waals surface area contributed by atoms with E-state index >= 15 is 0 Å². The maximum atomic E-state index is 10.4. The molecule has 78 valence electrons. The highest BCUT2D eigenvalue weighted by atomic mass is 16.4. The smallest absolute Gasteiger partial charge is 0.303 e. The van der Waals surface area contributed by atoms with E-state index < -0.39 is 5.97 Å². The molecule has 1 heterocycles. The number of carboxylic acids is 1. The molecule has 1 aromatic carbocycles. The quantitative estimate of drug-likeness (QED) is 0.802. The number of carboxylic acid groups (broad SMARTS) is 1. The Balaban J connectivity index is 2.04. The lowest BCUT2D eigenvalue weighted by Gasteiger charge is -1.99. The average molecular weight is 203 g/mol. The summed E-state index contributed by atoms with van der Waals surface area (Å²) in [7, 11) is 0. The summed E-state index contributed by atoms with van der Waals surface area (Å²) in [6, 6.07) is 6.22. The highest BCUT2D eigenvalue weighted by Crippen LogP contribution is 2.16. The molecule has 0 amide bonds. The second-order valence-corrected chi connectivity index (χ2v) is 3.67. The van der Waals surface area contributed by atoms with Crippen molar-refractivity contribution in [3.63, 3.8) is 0 Å². The highest BCUT2D eigenvalue weighted by Gasteiger charge is 2.00. The molecule has 0 unspecified atom stereocenters. The van der Waals surface area contributed by atoms with E-state index in [1.165, 1.54) is 16.3 Å². The molecule has 0 atom stereocenters. The summed E-state index contributed by atoms with van der Waals surface area (Å²) in [6.45, 7) is 0. The normalized spacial score (nSPS) is 10.7. The van der Waals surface area contributed by atoms with Crippen molar-refractivity contribution < 1.29 is 9.90 Å². The van der Waals surface area contributed by atoms with Crippen molar-refractivity contribution in [1.29, 1.82) is 0 Å². The number of nitrogens with one attached hydrogen (secondary N) is 1. The second-order valence-electron chi connectivity index (χ2n) is 3.67. The van der Waals surface area contributed by atoms with Gasteiger partial charge in [0.25, 0.3) is 0 Å². The minimum Gasteiger partial charge on any atom is -0.481 e. The molecule has 0 spiro atoms. The molecular weight excluding hydrogens is 190 g/mol. The van der Waals surface area contributed by atoms with Crippen LogP contribution < -0.4 is 0 Å². The number of aromatic amines is 1. The van der Waals surface area contributed by atoms with Crippen LogP contribution in [0.1, 0.15) is 18.4 Å². The molecule has 2 N–H and O–H groups in total. The standard InChI is InChI=1S/C12H13NO2/c14-12(15)3-1-2-9-4-5-10-7-13-8-11(10)6-9/h4-8,13H,1-3H2,(H,14,15). The molecule has 0 aliphatic rings. The maximum Gasteiger partial charge on any atom is 0.303 e. The molecule has 0 aliphatic carbocycles. The monoisotopic (exact) mass is 203 g/mol. The van der Waals surface area contributed by atoms with Crippen molar-refractivity contribution in [2.24, 2.45) is 0 Å². The summed E-state index contributed by atoms with van der Waals surface area (Å²) >= 11 is 0. The van der Waals surface area contributed by atoms with Crippen LogP contribution in [0.15, 0.2) is 30.6 Å². The lowest BCUT2D eigenvalue weighted by atomic mass is 10.1. The Labute approximate surface area is 87.7 Å². The van der Waals surface area contributed by atoms with Gasteiger partial charge in [-0.2, -0.15) is 0 Å². The molecule has 1 aromatic heterocycles. The molecule has 3 heteroatoms. The topological polar surface area (TPSA) is 53.1 Å². The Hall–Kier alpha value is -1.77. The molecule has 15 heavy (non-hydrogen) atoms. The van der Waals surface area contributed by atoms with E-state index in [2.05, 4.69) is 23.2 Å². The Kier molecular flexibility index (Phi) is 2.72. The van der Waals surface area contributed by atoms with E-state index in [1.54, 1.807) is 0 Å². The summed E-state index contributed by atoms with van der Waals surface area (Å²) in [5.41, 5.74) is 1.20. The van der Waals surface area contributed by atoms with E-state index in [0.29, 0.717) is 6.42 Å². The van der Waals surface area contributed by atoms with E-state index in [-0.39, 0.29) is 6.42 Å². The van der Waals surface area contributed by atoms with Gasteiger partial charge in [-0.15, -0.1) is 0 Å². The number of rotatable bonds is 4. The first kappa shape index (κ1) is 9.77. The third-order valence-corrected chi connectivity index (χ3v) is 2.48. The van der Waals surface area contributed by atoms with E-state index in [9.17, 15) is 4.79 Å². The molecule has 0 bridgehead atoms. The number of aryl methyl sites for hydroxylation is 1. The fourth-order valence-electron chi connectivity index (χ4n) is 1.70.